The Morgan fingerprint density at radius 1 is 1.05 bits per heavy atom. The predicted molar refractivity (Wildman–Crippen MR) is 84.9 cm³/mol. The number of carboxylic acids is 1. The van der Waals surface area contributed by atoms with Crippen LogP contribution in [0.3, 0.4) is 0 Å². The second-order valence-corrected chi connectivity index (χ2v) is 5.40. The number of carboxylic acid groups (broad SMARTS) is 1. The fourth-order valence-electron chi connectivity index (χ4n) is 2.73. The number of hydrogen-bond acceptors (Lipinski definition) is 4. The highest BCUT2D eigenvalue weighted by Crippen LogP contribution is 2.21. The van der Waals surface area contributed by atoms with E-state index < -0.39 is 5.97 Å². The number of aromatic carboxylic acids is 1. The molecule has 1 aliphatic rings. The van der Waals surface area contributed by atoms with Crippen LogP contribution in [0.5, 0.6) is 0 Å². The molecule has 0 fully saturated rings. The topological polar surface area (TPSA) is 64.5 Å². The van der Waals surface area contributed by atoms with Gasteiger partial charge in [-0.1, -0.05) is 36.4 Å². The average molecular weight is 293 g/mol. The van der Waals surface area contributed by atoms with Crippen molar-refractivity contribution in [3.05, 3.63) is 65.2 Å². The van der Waals surface area contributed by atoms with Gasteiger partial charge in [-0.25, -0.2) is 0 Å². The first kappa shape index (κ1) is 14.3. The van der Waals surface area contributed by atoms with Gasteiger partial charge in [-0.05, 0) is 48.9 Å². The SMILES string of the molecule is O=C([O-])c1cccc(N/N=C2\CCCCc3ccccc32)c1. The molecule has 0 spiro atoms. The van der Waals surface area contributed by atoms with Crippen LogP contribution in [0.4, 0.5) is 5.69 Å². The van der Waals surface area contributed by atoms with E-state index in [0.717, 1.165) is 31.4 Å². The van der Waals surface area contributed by atoms with Gasteiger partial charge >= 0.3 is 0 Å². The number of nitrogens with zero attached hydrogens (tertiary/aromatic N) is 1. The first-order chi connectivity index (χ1) is 10.7. The van der Waals surface area contributed by atoms with Crippen LogP contribution < -0.4 is 10.5 Å². The molecule has 0 saturated heterocycles. The molecule has 0 saturated carbocycles. The van der Waals surface area contributed by atoms with E-state index in [9.17, 15) is 9.90 Å². The van der Waals surface area contributed by atoms with E-state index in [0.29, 0.717) is 5.69 Å². The molecular formula is C18H17N2O2-. The minimum absolute atomic E-state index is 0.145. The van der Waals surface area contributed by atoms with Crippen molar-refractivity contribution in [1.82, 2.24) is 0 Å². The highest BCUT2D eigenvalue weighted by Gasteiger charge is 2.13. The summed E-state index contributed by atoms with van der Waals surface area (Å²) in [6, 6.07) is 14.8. The summed E-state index contributed by atoms with van der Waals surface area (Å²) in [4.78, 5) is 10.9. The summed E-state index contributed by atoms with van der Waals surface area (Å²) in [7, 11) is 0. The normalized spacial score (nSPS) is 15.9. The average Bonchev–Trinajstić information content (AvgIpc) is 2.75. The highest BCUT2D eigenvalue weighted by atomic mass is 16.4. The van der Waals surface area contributed by atoms with Crippen LogP contribution in [0.1, 0.15) is 40.7 Å². The molecule has 112 valence electrons. The summed E-state index contributed by atoms with van der Waals surface area (Å²) in [5.41, 5.74) is 7.30. The van der Waals surface area contributed by atoms with Gasteiger partial charge in [0.25, 0.3) is 0 Å². The number of carbonyl (C=O) groups excluding carboxylic acids is 1. The van der Waals surface area contributed by atoms with Crippen LogP contribution in [-0.4, -0.2) is 11.7 Å². The lowest BCUT2D eigenvalue weighted by atomic mass is 10.0. The first-order valence-electron chi connectivity index (χ1n) is 7.46. The first-order valence-corrected chi connectivity index (χ1v) is 7.46. The number of aryl methyl sites for hydroxylation is 1. The van der Waals surface area contributed by atoms with E-state index in [4.69, 9.17) is 0 Å². The van der Waals surface area contributed by atoms with Crippen molar-refractivity contribution < 1.29 is 9.90 Å². The van der Waals surface area contributed by atoms with Gasteiger partial charge in [0.2, 0.25) is 0 Å². The third-order valence-electron chi connectivity index (χ3n) is 3.86. The molecule has 0 amide bonds. The maximum Gasteiger partial charge on any atom is 0.0716 e. The Labute approximate surface area is 129 Å². The Hall–Kier alpha value is -2.62. The van der Waals surface area contributed by atoms with Crippen molar-refractivity contribution in [1.29, 1.82) is 0 Å². The molecule has 0 radical (unpaired) electrons. The quantitative estimate of drug-likeness (QED) is 0.699. The monoisotopic (exact) mass is 293 g/mol. The lowest BCUT2D eigenvalue weighted by Gasteiger charge is -2.09. The third-order valence-corrected chi connectivity index (χ3v) is 3.86. The number of carbonyl (C=O) groups is 1. The summed E-state index contributed by atoms with van der Waals surface area (Å²) in [6.45, 7) is 0. The number of hydrogen-bond donors (Lipinski definition) is 1. The Morgan fingerprint density at radius 3 is 2.73 bits per heavy atom. The smallest absolute Gasteiger partial charge is 0.0716 e. The van der Waals surface area contributed by atoms with Crippen LogP contribution in [0.2, 0.25) is 0 Å². The summed E-state index contributed by atoms with van der Waals surface area (Å²) < 4.78 is 0. The van der Waals surface area contributed by atoms with Crippen LogP contribution in [0, 0.1) is 0 Å². The van der Waals surface area contributed by atoms with Crippen molar-refractivity contribution in [2.24, 2.45) is 5.10 Å². The highest BCUT2D eigenvalue weighted by molar-refractivity contribution is 6.02. The van der Waals surface area contributed by atoms with Crippen molar-refractivity contribution in [2.45, 2.75) is 25.7 Å². The number of anilines is 1. The molecule has 0 atom stereocenters. The molecule has 2 aromatic rings. The van der Waals surface area contributed by atoms with Crippen molar-refractivity contribution in [2.75, 3.05) is 5.43 Å². The fourth-order valence-corrected chi connectivity index (χ4v) is 2.73. The molecule has 1 aliphatic carbocycles. The molecule has 0 aliphatic heterocycles. The van der Waals surface area contributed by atoms with Gasteiger partial charge in [0.1, 0.15) is 0 Å². The molecule has 22 heavy (non-hydrogen) atoms. The zero-order chi connectivity index (χ0) is 15.4. The number of hydrazone groups is 1. The van der Waals surface area contributed by atoms with Gasteiger partial charge in [0, 0.05) is 5.56 Å². The molecule has 1 N–H and O–H groups in total. The van der Waals surface area contributed by atoms with Crippen LogP contribution in [0.25, 0.3) is 0 Å². The van der Waals surface area contributed by atoms with E-state index >= 15 is 0 Å². The fraction of sp³-hybridized carbons (Fsp3) is 0.222. The van der Waals surface area contributed by atoms with Gasteiger partial charge in [0.05, 0.1) is 17.4 Å². The number of rotatable bonds is 3. The Bertz CT molecular complexity index is 723. The van der Waals surface area contributed by atoms with Crippen molar-refractivity contribution in [3.8, 4) is 0 Å². The molecule has 0 aromatic heterocycles. The summed E-state index contributed by atoms with van der Waals surface area (Å²) in [6.07, 6.45) is 4.27. The standard InChI is InChI=1S/C18H18N2O2/c21-18(22)14-8-5-9-15(12-14)19-20-17-11-4-2-7-13-6-1-3-10-16(13)17/h1,3,5-6,8-10,12,19H,2,4,7,11H2,(H,21,22)/p-1/b20-17+. The van der Waals surface area contributed by atoms with E-state index in [1.807, 2.05) is 6.07 Å². The van der Waals surface area contributed by atoms with Crippen LogP contribution in [0.15, 0.2) is 53.6 Å². The van der Waals surface area contributed by atoms with Crippen molar-refractivity contribution >= 4 is 17.4 Å². The molecule has 0 unspecified atom stereocenters. The summed E-state index contributed by atoms with van der Waals surface area (Å²) >= 11 is 0. The Morgan fingerprint density at radius 2 is 1.86 bits per heavy atom. The van der Waals surface area contributed by atoms with Gasteiger partial charge in [-0.3, -0.25) is 5.43 Å². The molecule has 4 heteroatoms. The largest absolute Gasteiger partial charge is 0.545 e. The second kappa shape index (κ2) is 6.43. The summed E-state index contributed by atoms with van der Waals surface area (Å²) in [5.74, 6) is -1.18. The molecule has 0 bridgehead atoms. The molecule has 0 heterocycles. The Balaban J connectivity index is 1.86. The maximum atomic E-state index is 10.9. The predicted octanol–water partition coefficient (Wildman–Crippen LogP) is 2.59. The second-order valence-electron chi connectivity index (χ2n) is 5.40. The van der Waals surface area contributed by atoms with Gasteiger partial charge in [-0.15, -0.1) is 0 Å². The zero-order valence-corrected chi connectivity index (χ0v) is 12.2. The van der Waals surface area contributed by atoms with Crippen molar-refractivity contribution in [3.63, 3.8) is 0 Å². The minimum atomic E-state index is -1.18. The lowest BCUT2D eigenvalue weighted by Crippen LogP contribution is -2.22. The number of benzene rings is 2. The summed E-state index contributed by atoms with van der Waals surface area (Å²) in [5, 5.41) is 15.4. The van der Waals surface area contributed by atoms with E-state index in [2.05, 4.69) is 28.7 Å². The van der Waals surface area contributed by atoms with Crippen LogP contribution >= 0.6 is 0 Å². The Kier molecular flexibility index (Phi) is 4.19. The van der Waals surface area contributed by atoms with E-state index in [1.54, 1.807) is 12.1 Å². The van der Waals surface area contributed by atoms with Gasteiger partial charge < -0.3 is 9.90 Å². The number of nitrogens with one attached hydrogen (secondary N) is 1. The molecule has 3 rings (SSSR count). The minimum Gasteiger partial charge on any atom is -0.545 e. The number of fused-ring (bicyclic) bond motifs is 1. The van der Waals surface area contributed by atoms with E-state index in [1.165, 1.54) is 23.3 Å². The third kappa shape index (κ3) is 3.17. The van der Waals surface area contributed by atoms with Crippen LogP contribution in [-0.2, 0) is 6.42 Å². The molecule has 4 nitrogen and oxygen atoms in total. The lowest BCUT2D eigenvalue weighted by molar-refractivity contribution is -0.255. The van der Waals surface area contributed by atoms with Gasteiger partial charge in [-0.2, -0.15) is 5.10 Å². The maximum absolute atomic E-state index is 10.9. The molecular weight excluding hydrogens is 276 g/mol. The molecule has 2 aromatic carbocycles. The van der Waals surface area contributed by atoms with Gasteiger partial charge in [0.15, 0.2) is 0 Å². The van der Waals surface area contributed by atoms with E-state index in [-0.39, 0.29) is 5.56 Å². The zero-order valence-electron chi connectivity index (χ0n) is 12.2.